The van der Waals surface area contributed by atoms with E-state index in [1.54, 1.807) is 6.20 Å². The Labute approximate surface area is 98.4 Å². The average Bonchev–Trinajstić information content (AvgIpc) is 2.37. The Hall–Kier alpha value is -1.56. The second kappa shape index (κ2) is 5.18. The van der Waals surface area contributed by atoms with Gasteiger partial charge in [0.1, 0.15) is 6.10 Å². The van der Waals surface area contributed by atoms with Crippen LogP contribution in [0.2, 0.25) is 0 Å². The first-order valence-corrected chi connectivity index (χ1v) is 5.38. The van der Waals surface area contributed by atoms with Gasteiger partial charge in [-0.15, -0.1) is 0 Å². The molecule has 0 amide bonds. The number of rotatable bonds is 4. The monoisotopic (exact) mass is 234 g/mol. The lowest BCUT2D eigenvalue weighted by Gasteiger charge is -2.14. The van der Waals surface area contributed by atoms with Gasteiger partial charge in [-0.05, 0) is 12.1 Å². The first-order chi connectivity index (χ1) is 8.20. The summed E-state index contributed by atoms with van der Waals surface area (Å²) in [5, 5.41) is 27.5. The van der Waals surface area contributed by atoms with Gasteiger partial charge >= 0.3 is 0 Å². The van der Waals surface area contributed by atoms with E-state index in [0.29, 0.717) is 5.69 Å². The third-order valence-electron chi connectivity index (χ3n) is 2.55. The van der Waals surface area contributed by atoms with Crippen LogP contribution in [0.3, 0.4) is 0 Å². The van der Waals surface area contributed by atoms with Crippen LogP contribution in [0, 0.1) is 0 Å². The van der Waals surface area contributed by atoms with Crippen LogP contribution in [0.5, 0.6) is 0 Å². The SMILES string of the molecule is OC[C@H](O)[C@@H](O)Cc1cnc2ccccc2n1. The normalized spacial score (nSPS) is 14.8. The predicted octanol–water partition coefficient (Wildman–Crippen LogP) is -0.114. The van der Waals surface area contributed by atoms with Crippen molar-refractivity contribution < 1.29 is 15.3 Å². The Morgan fingerprint density at radius 1 is 1.06 bits per heavy atom. The van der Waals surface area contributed by atoms with Gasteiger partial charge in [0, 0.05) is 12.6 Å². The summed E-state index contributed by atoms with van der Waals surface area (Å²) in [6, 6.07) is 7.42. The van der Waals surface area contributed by atoms with Crippen LogP contribution in [-0.2, 0) is 6.42 Å². The highest BCUT2D eigenvalue weighted by Gasteiger charge is 2.16. The number of hydrogen-bond acceptors (Lipinski definition) is 5. The highest BCUT2D eigenvalue weighted by atomic mass is 16.4. The van der Waals surface area contributed by atoms with Crippen LogP contribution in [0.4, 0.5) is 0 Å². The topological polar surface area (TPSA) is 86.5 Å². The van der Waals surface area contributed by atoms with Crippen molar-refractivity contribution in [2.75, 3.05) is 6.61 Å². The molecule has 0 saturated carbocycles. The van der Waals surface area contributed by atoms with E-state index >= 15 is 0 Å². The minimum Gasteiger partial charge on any atom is -0.394 e. The molecular weight excluding hydrogens is 220 g/mol. The predicted molar refractivity (Wildman–Crippen MR) is 62.3 cm³/mol. The van der Waals surface area contributed by atoms with Gasteiger partial charge in [0.05, 0.1) is 29.4 Å². The van der Waals surface area contributed by atoms with Crippen molar-refractivity contribution in [3.63, 3.8) is 0 Å². The molecule has 2 atom stereocenters. The molecule has 0 saturated heterocycles. The van der Waals surface area contributed by atoms with Crippen molar-refractivity contribution in [3.05, 3.63) is 36.2 Å². The van der Waals surface area contributed by atoms with Crippen LogP contribution in [0.1, 0.15) is 5.69 Å². The molecule has 0 unspecified atom stereocenters. The maximum Gasteiger partial charge on any atom is 0.103 e. The number of para-hydroxylation sites is 2. The van der Waals surface area contributed by atoms with Crippen molar-refractivity contribution in [1.82, 2.24) is 9.97 Å². The molecule has 2 rings (SSSR count). The minimum atomic E-state index is -1.15. The second-order valence-electron chi connectivity index (χ2n) is 3.87. The summed E-state index contributed by atoms with van der Waals surface area (Å²) < 4.78 is 0. The quantitative estimate of drug-likeness (QED) is 0.687. The Balaban J connectivity index is 2.19. The Bertz CT molecular complexity index is 504. The van der Waals surface area contributed by atoms with Gasteiger partial charge in [-0.3, -0.25) is 4.98 Å². The zero-order valence-corrected chi connectivity index (χ0v) is 9.19. The van der Waals surface area contributed by atoms with Crippen molar-refractivity contribution in [2.24, 2.45) is 0 Å². The molecule has 0 radical (unpaired) electrons. The fourth-order valence-electron chi connectivity index (χ4n) is 1.57. The molecule has 5 nitrogen and oxygen atoms in total. The van der Waals surface area contributed by atoms with Gasteiger partial charge in [-0.2, -0.15) is 0 Å². The minimum absolute atomic E-state index is 0.166. The van der Waals surface area contributed by atoms with Gasteiger partial charge in [0.15, 0.2) is 0 Å². The van der Waals surface area contributed by atoms with Crippen LogP contribution in [-0.4, -0.2) is 44.1 Å². The zero-order valence-electron chi connectivity index (χ0n) is 9.19. The van der Waals surface area contributed by atoms with E-state index in [1.807, 2.05) is 24.3 Å². The number of aliphatic hydroxyl groups excluding tert-OH is 3. The summed E-state index contributed by atoms with van der Waals surface area (Å²) in [6.45, 7) is -0.470. The molecule has 90 valence electrons. The molecule has 2 aromatic rings. The lowest BCUT2D eigenvalue weighted by Crippen LogP contribution is -2.31. The van der Waals surface area contributed by atoms with E-state index in [2.05, 4.69) is 9.97 Å². The fraction of sp³-hybridized carbons (Fsp3) is 0.333. The van der Waals surface area contributed by atoms with E-state index in [1.165, 1.54) is 0 Å². The summed E-state index contributed by atoms with van der Waals surface area (Å²) in [4.78, 5) is 8.52. The van der Waals surface area contributed by atoms with Gasteiger partial charge in [0.25, 0.3) is 0 Å². The second-order valence-corrected chi connectivity index (χ2v) is 3.87. The third kappa shape index (κ3) is 2.76. The molecule has 1 aromatic carbocycles. The van der Waals surface area contributed by atoms with Gasteiger partial charge in [-0.25, -0.2) is 4.98 Å². The standard InChI is InChI=1S/C12H14N2O3/c15-7-12(17)11(16)5-8-6-13-9-3-1-2-4-10(9)14-8/h1-4,6,11-12,15-17H,5,7H2/t11-,12-/m0/s1. The molecule has 0 bridgehead atoms. The molecule has 0 spiro atoms. The fourth-order valence-corrected chi connectivity index (χ4v) is 1.57. The molecule has 0 aliphatic heterocycles. The number of hydrogen-bond donors (Lipinski definition) is 3. The Morgan fingerprint density at radius 3 is 2.47 bits per heavy atom. The van der Waals surface area contributed by atoms with Crippen LogP contribution in [0.25, 0.3) is 11.0 Å². The third-order valence-corrected chi connectivity index (χ3v) is 2.55. The molecule has 3 N–H and O–H groups in total. The van der Waals surface area contributed by atoms with Crippen molar-refractivity contribution in [1.29, 1.82) is 0 Å². The largest absolute Gasteiger partial charge is 0.394 e. The summed E-state index contributed by atoms with van der Waals surface area (Å²) in [6.07, 6.45) is -0.450. The van der Waals surface area contributed by atoms with E-state index in [0.717, 1.165) is 11.0 Å². The summed E-state index contributed by atoms with van der Waals surface area (Å²) >= 11 is 0. The zero-order chi connectivity index (χ0) is 12.3. The first-order valence-electron chi connectivity index (χ1n) is 5.38. The number of nitrogens with zero attached hydrogens (tertiary/aromatic N) is 2. The van der Waals surface area contributed by atoms with Crippen LogP contribution >= 0.6 is 0 Å². The maximum atomic E-state index is 9.57. The summed E-state index contributed by atoms with van der Waals surface area (Å²) in [5.41, 5.74) is 2.12. The van der Waals surface area contributed by atoms with E-state index in [9.17, 15) is 10.2 Å². The van der Waals surface area contributed by atoms with E-state index < -0.39 is 18.8 Å². The number of fused-ring (bicyclic) bond motifs is 1. The lowest BCUT2D eigenvalue weighted by molar-refractivity contribution is -0.0136. The Morgan fingerprint density at radius 2 is 1.76 bits per heavy atom. The highest BCUT2D eigenvalue weighted by Crippen LogP contribution is 2.10. The average molecular weight is 234 g/mol. The molecular formula is C12H14N2O3. The number of aromatic nitrogens is 2. The van der Waals surface area contributed by atoms with E-state index in [-0.39, 0.29) is 6.42 Å². The molecule has 0 fully saturated rings. The van der Waals surface area contributed by atoms with Crippen LogP contribution < -0.4 is 0 Å². The van der Waals surface area contributed by atoms with Crippen LogP contribution in [0.15, 0.2) is 30.5 Å². The molecule has 1 heterocycles. The molecule has 1 aromatic heterocycles. The van der Waals surface area contributed by atoms with E-state index in [4.69, 9.17) is 5.11 Å². The Kier molecular flexibility index (Phi) is 3.63. The first kappa shape index (κ1) is 11.9. The number of aliphatic hydroxyl groups is 3. The molecule has 5 heteroatoms. The lowest BCUT2D eigenvalue weighted by atomic mass is 10.1. The molecule has 0 aliphatic carbocycles. The van der Waals surface area contributed by atoms with Crippen molar-refractivity contribution in [2.45, 2.75) is 18.6 Å². The van der Waals surface area contributed by atoms with Gasteiger partial charge < -0.3 is 15.3 Å². The number of benzene rings is 1. The highest BCUT2D eigenvalue weighted by molar-refractivity contribution is 5.73. The summed E-state index contributed by atoms with van der Waals surface area (Å²) in [7, 11) is 0. The molecule has 17 heavy (non-hydrogen) atoms. The van der Waals surface area contributed by atoms with Crippen molar-refractivity contribution in [3.8, 4) is 0 Å². The van der Waals surface area contributed by atoms with Gasteiger partial charge in [-0.1, -0.05) is 12.1 Å². The summed E-state index contributed by atoms with van der Waals surface area (Å²) in [5.74, 6) is 0. The smallest absolute Gasteiger partial charge is 0.103 e. The van der Waals surface area contributed by atoms with Gasteiger partial charge in [0.2, 0.25) is 0 Å². The molecule has 0 aliphatic rings. The van der Waals surface area contributed by atoms with Crippen molar-refractivity contribution >= 4 is 11.0 Å². The maximum absolute atomic E-state index is 9.57.